The Hall–Kier alpha value is -2.56. The summed E-state index contributed by atoms with van der Waals surface area (Å²) < 4.78 is 1.87. The van der Waals surface area contributed by atoms with Crippen molar-refractivity contribution in [3.05, 3.63) is 27.0 Å². The summed E-state index contributed by atoms with van der Waals surface area (Å²) >= 11 is 0. The summed E-state index contributed by atoms with van der Waals surface area (Å²) in [5, 5.41) is 10.7. The van der Waals surface area contributed by atoms with Crippen molar-refractivity contribution in [3.63, 3.8) is 0 Å². The van der Waals surface area contributed by atoms with Gasteiger partial charge >= 0.3 is 5.69 Å². The van der Waals surface area contributed by atoms with Crippen LogP contribution in [0.4, 0.5) is 5.69 Å². The van der Waals surface area contributed by atoms with Gasteiger partial charge in [-0.05, 0) is 0 Å². The molecule has 0 aliphatic heterocycles. The number of nitrogen functional groups attached to an aromatic ring is 1. The summed E-state index contributed by atoms with van der Waals surface area (Å²) in [6.45, 7) is -0.241. The molecule has 1 heterocycles. The van der Waals surface area contributed by atoms with Gasteiger partial charge in [-0.3, -0.25) is 9.59 Å². The molecule has 3 N–H and O–H groups in total. The van der Waals surface area contributed by atoms with Gasteiger partial charge in [0.1, 0.15) is 12.2 Å². The van der Waals surface area contributed by atoms with Crippen molar-refractivity contribution in [3.8, 4) is 6.07 Å². The largest absolute Gasteiger partial charge is 0.393 e. The summed E-state index contributed by atoms with van der Waals surface area (Å²) in [7, 11) is 1.43. The molecule has 0 fully saturated rings. The molecule has 0 bridgehead atoms. The van der Waals surface area contributed by atoms with Crippen molar-refractivity contribution in [1.29, 1.82) is 5.26 Å². The average molecular weight is 251 g/mol. The molecule has 1 rings (SSSR count). The number of nitrogens with zero attached hydrogens (tertiary/aromatic N) is 3. The van der Waals surface area contributed by atoms with Crippen LogP contribution in [0.5, 0.6) is 0 Å². The van der Waals surface area contributed by atoms with E-state index in [0.717, 1.165) is 9.13 Å². The molecule has 0 atom stereocenters. The molecule has 0 aliphatic carbocycles. The highest BCUT2D eigenvalue weighted by Crippen LogP contribution is 1.87. The fourth-order valence-corrected chi connectivity index (χ4v) is 1.35. The molecular formula is C10H13N5O3. The first-order valence-corrected chi connectivity index (χ1v) is 5.17. The molecule has 0 spiro atoms. The molecule has 96 valence electrons. The van der Waals surface area contributed by atoms with E-state index in [1.807, 2.05) is 6.07 Å². The second-order valence-corrected chi connectivity index (χ2v) is 3.63. The van der Waals surface area contributed by atoms with Gasteiger partial charge in [-0.1, -0.05) is 0 Å². The molecule has 1 amide bonds. The van der Waals surface area contributed by atoms with Crippen LogP contribution in [0.1, 0.15) is 6.42 Å². The molecule has 0 saturated heterocycles. The Kier molecular flexibility index (Phi) is 4.26. The van der Waals surface area contributed by atoms with Crippen molar-refractivity contribution in [2.75, 3.05) is 12.3 Å². The summed E-state index contributed by atoms with van der Waals surface area (Å²) in [5.41, 5.74) is 3.99. The molecule has 8 nitrogen and oxygen atoms in total. The zero-order valence-electron chi connectivity index (χ0n) is 9.84. The summed E-state index contributed by atoms with van der Waals surface area (Å²) in [6.07, 6.45) is 1.37. The number of nitrogens with one attached hydrogen (secondary N) is 1. The van der Waals surface area contributed by atoms with E-state index in [-0.39, 0.29) is 18.7 Å². The first-order chi connectivity index (χ1) is 8.47. The van der Waals surface area contributed by atoms with Gasteiger partial charge in [-0.25, -0.2) is 9.36 Å². The average Bonchev–Trinajstić information content (AvgIpc) is 2.32. The van der Waals surface area contributed by atoms with Gasteiger partial charge in [0.2, 0.25) is 5.91 Å². The van der Waals surface area contributed by atoms with Crippen molar-refractivity contribution >= 4 is 11.6 Å². The fourth-order valence-electron chi connectivity index (χ4n) is 1.35. The van der Waals surface area contributed by atoms with E-state index in [2.05, 4.69) is 5.32 Å². The number of rotatable bonds is 4. The maximum Gasteiger partial charge on any atom is 0.331 e. The van der Waals surface area contributed by atoms with Crippen LogP contribution in [0.3, 0.4) is 0 Å². The molecule has 0 saturated carbocycles. The zero-order valence-corrected chi connectivity index (χ0v) is 9.84. The number of amides is 1. The van der Waals surface area contributed by atoms with Gasteiger partial charge in [0.25, 0.3) is 5.56 Å². The summed E-state index contributed by atoms with van der Waals surface area (Å²) in [5.74, 6) is -0.518. The molecule has 0 aliphatic rings. The Bertz CT molecular complexity index is 573. The van der Waals surface area contributed by atoms with E-state index in [1.54, 1.807) is 0 Å². The molecule has 0 unspecified atom stereocenters. The Morgan fingerprint density at radius 3 is 2.83 bits per heavy atom. The van der Waals surface area contributed by atoms with Crippen LogP contribution in [0.25, 0.3) is 0 Å². The van der Waals surface area contributed by atoms with E-state index in [1.165, 1.54) is 13.2 Å². The number of hydrogen-bond acceptors (Lipinski definition) is 5. The number of carbonyl (C=O) groups is 1. The van der Waals surface area contributed by atoms with Crippen LogP contribution in [0.2, 0.25) is 0 Å². The molecule has 8 heteroatoms. The van der Waals surface area contributed by atoms with Gasteiger partial charge in [0.05, 0.1) is 12.5 Å². The monoisotopic (exact) mass is 251 g/mol. The molecule has 18 heavy (non-hydrogen) atoms. The van der Waals surface area contributed by atoms with Crippen LogP contribution in [0, 0.1) is 11.3 Å². The minimum absolute atomic E-state index is 0.109. The van der Waals surface area contributed by atoms with Gasteiger partial charge in [-0.15, -0.1) is 0 Å². The lowest BCUT2D eigenvalue weighted by Gasteiger charge is -2.08. The summed E-state index contributed by atoms with van der Waals surface area (Å²) in [6, 6.07) is 1.86. The lowest BCUT2D eigenvalue weighted by atomic mass is 10.4. The van der Waals surface area contributed by atoms with Crippen LogP contribution >= 0.6 is 0 Å². The van der Waals surface area contributed by atoms with E-state index >= 15 is 0 Å². The maximum absolute atomic E-state index is 11.6. The van der Waals surface area contributed by atoms with E-state index in [0.29, 0.717) is 0 Å². The van der Waals surface area contributed by atoms with E-state index in [4.69, 9.17) is 11.0 Å². The molecule has 0 radical (unpaired) electrons. The minimum Gasteiger partial charge on any atom is -0.393 e. The molecule has 1 aromatic heterocycles. The van der Waals surface area contributed by atoms with Gasteiger partial charge < -0.3 is 15.6 Å². The van der Waals surface area contributed by atoms with Crippen LogP contribution < -0.4 is 22.3 Å². The maximum atomic E-state index is 11.6. The lowest BCUT2D eigenvalue weighted by Crippen LogP contribution is -2.43. The number of aromatic nitrogens is 2. The van der Waals surface area contributed by atoms with Gasteiger partial charge in [0, 0.05) is 19.8 Å². The quantitative estimate of drug-likeness (QED) is 0.608. The summed E-state index contributed by atoms with van der Waals surface area (Å²) in [4.78, 5) is 34.7. The number of carbonyl (C=O) groups excluding carboxylic acids is 1. The van der Waals surface area contributed by atoms with E-state index in [9.17, 15) is 14.4 Å². The number of anilines is 1. The van der Waals surface area contributed by atoms with E-state index < -0.39 is 23.7 Å². The second-order valence-electron chi connectivity index (χ2n) is 3.63. The van der Waals surface area contributed by atoms with Crippen LogP contribution in [-0.2, 0) is 18.4 Å². The smallest absolute Gasteiger partial charge is 0.331 e. The normalized spacial score (nSPS) is 9.78. The number of nitriles is 1. The predicted molar refractivity (Wildman–Crippen MR) is 63.6 cm³/mol. The molecule has 0 aromatic carbocycles. The van der Waals surface area contributed by atoms with Crippen molar-refractivity contribution in [1.82, 2.24) is 14.5 Å². The highest BCUT2D eigenvalue weighted by Gasteiger charge is 2.10. The highest BCUT2D eigenvalue weighted by molar-refractivity contribution is 5.75. The second kappa shape index (κ2) is 5.67. The Labute approximate surface area is 102 Å². The predicted octanol–water partition coefficient (Wildman–Crippen LogP) is -1.84. The van der Waals surface area contributed by atoms with Crippen molar-refractivity contribution in [2.45, 2.75) is 13.0 Å². The standard InChI is InChI=1S/C10H13N5O3/c1-14-5-7(12)9(17)15(10(14)18)6-8(16)13-4-2-3-11/h5H,2,4,6,12H2,1H3,(H,13,16). The Morgan fingerprint density at radius 2 is 2.22 bits per heavy atom. The third kappa shape index (κ3) is 2.98. The van der Waals surface area contributed by atoms with Crippen LogP contribution in [0.15, 0.2) is 15.8 Å². The zero-order chi connectivity index (χ0) is 13.7. The Morgan fingerprint density at radius 1 is 1.56 bits per heavy atom. The van der Waals surface area contributed by atoms with Crippen molar-refractivity contribution in [2.24, 2.45) is 7.05 Å². The van der Waals surface area contributed by atoms with Gasteiger partial charge in [0.15, 0.2) is 0 Å². The van der Waals surface area contributed by atoms with Crippen molar-refractivity contribution < 1.29 is 4.79 Å². The van der Waals surface area contributed by atoms with Gasteiger partial charge in [-0.2, -0.15) is 5.26 Å². The first kappa shape index (κ1) is 13.5. The topological polar surface area (TPSA) is 123 Å². The Balaban J connectivity index is 2.92. The lowest BCUT2D eigenvalue weighted by molar-refractivity contribution is -0.121. The van der Waals surface area contributed by atoms with Crippen LogP contribution in [-0.4, -0.2) is 21.6 Å². The first-order valence-electron chi connectivity index (χ1n) is 5.17. The molecular weight excluding hydrogens is 238 g/mol. The minimum atomic E-state index is -0.700. The number of hydrogen-bond donors (Lipinski definition) is 2. The highest BCUT2D eigenvalue weighted by atomic mass is 16.2. The number of aryl methyl sites for hydroxylation is 1. The molecule has 1 aromatic rings. The SMILES string of the molecule is Cn1cc(N)c(=O)n(CC(=O)NCCC#N)c1=O. The third-order valence-electron chi connectivity index (χ3n) is 2.22. The number of nitrogens with two attached hydrogens (primary N) is 1. The third-order valence-corrected chi connectivity index (χ3v) is 2.22. The fraction of sp³-hybridized carbons (Fsp3) is 0.400.